The molecule has 23 heavy (non-hydrogen) atoms. The van der Waals surface area contributed by atoms with E-state index in [9.17, 15) is 9.59 Å². The summed E-state index contributed by atoms with van der Waals surface area (Å²) in [4.78, 5) is 27.4. The summed E-state index contributed by atoms with van der Waals surface area (Å²) < 4.78 is 12.4. The number of hydrogen-bond acceptors (Lipinski definition) is 5. The van der Waals surface area contributed by atoms with Crippen molar-refractivity contribution < 1.29 is 18.7 Å². The van der Waals surface area contributed by atoms with Crippen LogP contribution in [-0.4, -0.2) is 63.9 Å². The van der Waals surface area contributed by atoms with Gasteiger partial charge in [-0.3, -0.25) is 14.4 Å². The lowest BCUT2D eigenvalue weighted by atomic mass is 10.2. The molecular formula is C15H16N4O4. The summed E-state index contributed by atoms with van der Waals surface area (Å²) in [6.45, 7) is 2.28. The maximum Gasteiger partial charge on any atom is 0.410 e. The molecular weight excluding hydrogens is 300 g/mol. The Morgan fingerprint density at radius 2 is 2.26 bits per heavy atom. The average molecular weight is 316 g/mol. The molecule has 0 N–H and O–H groups in total. The normalized spacial score (nSPS) is 20.5. The third-order valence-corrected chi connectivity index (χ3v) is 4.15. The van der Waals surface area contributed by atoms with E-state index in [4.69, 9.17) is 9.15 Å². The summed E-state index contributed by atoms with van der Waals surface area (Å²) >= 11 is 0. The minimum absolute atomic E-state index is 0.0568. The standard InChI is InChI=1S/C15H16N4O4/c20-14(17-6-7-19-11(8-17)10-22-15(19)21)13-3-2-12(23-13)9-18-5-1-4-16-18/h1-5,11H,6-10H2. The molecule has 0 bridgehead atoms. The van der Waals surface area contributed by atoms with Gasteiger partial charge < -0.3 is 14.1 Å². The zero-order chi connectivity index (χ0) is 15.8. The number of carbonyl (C=O) groups is 2. The maximum atomic E-state index is 12.6. The van der Waals surface area contributed by atoms with Gasteiger partial charge in [-0.1, -0.05) is 0 Å². The lowest BCUT2D eigenvalue weighted by molar-refractivity contribution is 0.0584. The molecule has 1 atom stereocenters. The minimum Gasteiger partial charge on any atom is -0.454 e. The van der Waals surface area contributed by atoms with Crippen molar-refractivity contribution in [1.29, 1.82) is 0 Å². The van der Waals surface area contributed by atoms with E-state index in [1.807, 2.05) is 12.3 Å². The quantitative estimate of drug-likeness (QED) is 0.837. The van der Waals surface area contributed by atoms with Crippen molar-refractivity contribution in [2.75, 3.05) is 26.2 Å². The Hall–Kier alpha value is -2.77. The number of nitrogens with zero attached hydrogens (tertiary/aromatic N) is 4. The van der Waals surface area contributed by atoms with E-state index in [0.29, 0.717) is 44.3 Å². The second-order valence-corrected chi connectivity index (χ2v) is 5.64. The number of piperazine rings is 1. The second kappa shape index (κ2) is 5.45. The van der Waals surface area contributed by atoms with E-state index in [2.05, 4.69) is 5.10 Å². The lowest BCUT2D eigenvalue weighted by Gasteiger charge is -2.34. The van der Waals surface area contributed by atoms with E-state index in [1.54, 1.807) is 32.8 Å². The molecule has 0 aromatic carbocycles. The molecule has 2 saturated heterocycles. The molecule has 0 aliphatic carbocycles. The predicted octanol–water partition coefficient (Wildman–Crippen LogP) is 0.801. The van der Waals surface area contributed by atoms with Gasteiger partial charge in [-0.15, -0.1) is 0 Å². The van der Waals surface area contributed by atoms with Crippen molar-refractivity contribution in [2.45, 2.75) is 12.6 Å². The summed E-state index contributed by atoms with van der Waals surface area (Å²) in [5.41, 5.74) is 0. The predicted molar refractivity (Wildman–Crippen MR) is 77.8 cm³/mol. The van der Waals surface area contributed by atoms with Crippen LogP contribution in [0, 0.1) is 0 Å². The van der Waals surface area contributed by atoms with E-state index in [-0.39, 0.29) is 18.0 Å². The smallest absolute Gasteiger partial charge is 0.410 e. The van der Waals surface area contributed by atoms with Gasteiger partial charge in [-0.05, 0) is 18.2 Å². The molecule has 8 heteroatoms. The Kier molecular flexibility index (Phi) is 3.29. The fraction of sp³-hybridized carbons (Fsp3) is 0.400. The highest BCUT2D eigenvalue weighted by atomic mass is 16.6. The van der Waals surface area contributed by atoms with Crippen LogP contribution in [0.25, 0.3) is 0 Å². The maximum absolute atomic E-state index is 12.6. The molecule has 0 saturated carbocycles. The highest BCUT2D eigenvalue weighted by molar-refractivity contribution is 5.91. The molecule has 4 rings (SSSR count). The highest BCUT2D eigenvalue weighted by Crippen LogP contribution is 2.20. The Balaban J connectivity index is 1.43. The van der Waals surface area contributed by atoms with Crippen LogP contribution >= 0.6 is 0 Å². The number of cyclic esters (lactones) is 1. The third kappa shape index (κ3) is 2.56. The molecule has 0 radical (unpaired) electrons. The topological polar surface area (TPSA) is 80.8 Å². The van der Waals surface area contributed by atoms with E-state index >= 15 is 0 Å². The van der Waals surface area contributed by atoms with Crippen molar-refractivity contribution in [3.05, 3.63) is 42.1 Å². The Labute approximate surface area is 132 Å². The van der Waals surface area contributed by atoms with Crippen LogP contribution in [0.3, 0.4) is 0 Å². The first kappa shape index (κ1) is 13.9. The van der Waals surface area contributed by atoms with Crippen LogP contribution in [0.4, 0.5) is 4.79 Å². The van der Waals surface area contributed by atoms with Crippen molar-refractivity contribution in [3.63, 3.8) is 0 Å². The van der Waals surface area contributed by atoms with E-state index < -0.39 is 0 Å². The summed E-state index contributed by atoms with van der Waals surface area (Å²) in [5, 5.41) is 4.11. The van der Waals surface area contributed by atoms with Gasteiger partial charge in [0, 0.05) is 32.0 Å². The molecule has 2 aliphatic heterocycles. The number of amides is 2. The first-order chi connectivity index (χ1) is 11.2. The van der Waals surface area contributed by atoms with Crippen LogP contribution in [0.2, 0.25) is 0 Å². The monoisotopic (exact) mass is 316 g/mol. The Morgan fingerprint density at radius 3 is 3.09 bits per heavy atom. The van der Waals surface area contributed by atoms with Gasteiger partial charge in [0.05, 0.1) is 12.6 Å². The number of hydrogen-bond donors (Lipinski definition) is 0. The van der Waals surface area contributed by atoms with Crippen molar-refractivity contribution in [2.24, 2.45) is 0 Å². The SMILES string of the molecule is O=C(c1ccc(Cn2cccn2)o1)N1CCN2C(=O)OCC2C1. The molecule has 2 aromatic rings. The molecule has 120 valence electrons. The van der Waals surface area contributed by atoms with Gasteiger partial charge in [0.15, 0.2) is 5.76 Å². The van der Waals surface area contributed by atoms with Crippen LogP contribution in [0.1, 0.15) is 16.3 Å². The van der Waals surface area contributed by atoms with Gasteiger partial charge in [-0.2, -0.15) is 5.10 Å². The zero-order valence-corrected chi connectivity index (χ0v) is 12.4. The van der Waals surface area contributed by atoms with E-state index in [0.717, 1.165) is 0 Å². The highest BCUT2D eigenvalue weighted by Gasteiger charge is 2.39. The number of carbonyl (C=O) groups excluding carboxylic acids is 2. The molecule has 0 spiro atoms. The fourth-order valence-corrected chi connectivity index (χ4v) is 2.96. The number of ether oxygens (including phenoxy) is 1. The van der Waals surface area contributed by atoms with E-state index in [1.165, 1.54) is 0 Å². The average Bonchev–Trinajstić information content (AvgIpc) is 3.29. The first-order valence-corrected chi connectivity index (χ1v) is 7.49. The lowest BCUT2D eigenvalue weighted by Crippen LogP contribution is -2.53. The first-order valence-electron chi connectivity index (χ1n) is 7.49. The van der Waals surface area contributed by atoms with Gasteiger partial charge >= 0.3 is 6.09 Å². The molecule has 8 nitrogen and oxygen atoms in total. The molecule has 2 fully saturated rings. The molecule has 1 unspecified atom stereocenters. The van der Waals surface area contributed by atoms with Crippen LogP contribution in [-0.2, 0) is 11.3 Å². The largest absolute Gasteiger partial charge is 0.454 e. The Morgan fingerprint density at radius 1 is 1.35 bits per heavy atom. The second-order valence-electron chi connectivity index (χ2n) is 5.64. The van der Waals surface area contributed by atoms with Crippen LogP contribution in [0.15, 0.2) is 35.0 Å². The molecule has 2 aromatic heterocycles. The molecule has 2 aliphatic rings. The fourth-order valence-electron chi connectivity index (χ4n) is 2.96. The van der Waals surface area contributed by atoms with Gasteiger partial charge in [0.1, 0.15) is 12.4 Å². The molecule has 4 heterocycles. The Bertz CT molecular complexity index is 724. The summed E-state index contributed by atoms with van der Waals surface area (Å²) in [7, 11) is 0. The van der Waals surface area contributed by atoms with Gasteiger partial charge in [0.2, 0.25) is 0 Å². The third-order valence-electron chi connectivity index (χ3n) is 4.15. The van der Waals surface area contributed by atoms with Crippen LogP contribution in [0.5, 0.6) is 0 Å². The van der Waals surface area contributed by atoms with Crippen LogP contribution < -0.4 is 0 Å². The van der Waals surface area contributed by atoms with Gasteiger partial charge in [-0.25, -0.2) is 4.79 Å². The number of rotatable bonds is 3. The van der Waals surface area contributed by atoms with Crippen molar-refractivity contribution in [3.8, 4) is 0 Å². The van der Waals surface area contributed by atoms with Crippen molar-refractivity contribution in [1.82, 2.24) is 19.6 Å². The van der Waals surface area contributed by atoms with Crippen molar-refractivity contribution >= 4 is 12.0 Å². The number of furan rings is 1. The minimum atomic E-state index is -0.290. The number of fused-ring (bicyclic) bond motifs is 1. The summed E-state index contributed by atoms with van der Waals surface area (Å²) in [6, 6.07) is 5.25. The zero-order valence-electron chi connectivity index (χ0n) is 12.4. The number of aromatic nitrogens is 2. The molecule has 2 amide bonds. The summed E-state index contributed by atoms with van der Waals surface area (Å²) in [6.07, 6.45) is 3.24. The summed E-state index contributed by atoms with van der Waals surface area (Å²) in [5.74, 6) is 0.830. The van der Waals surface area contributed by atoms with Gasteiger partial charge in [0.25, 0.3) is 5.91 Å².